The summed E-state index contributed by atoms with van der Waals surface area (Å²) in [6, 6.07) is 17.8. The first-order valence-corrected chi connectivity index (χ1v) is 13.3. The minimum atomic E-state index is -0.734. The molecule has 1 aliphatic carbocycles. The maximum Gasteiger partial charge on any atom is 0.306 e. The maximum absolute atomic E-state index is 13.3. The van der Waals surface area contributed by atoms with E-state index in [4.69, 9.17) is 0 Å². The van der Waals surface area contributed by atoms with Crippen molar-refractivity contribution in [2.24, 2.45) is 17.8 Å². The predicted molar refractivity (Wildman–Crippen MR) is 141 cm³/mol. The highest BCUT2D eigenvalue weighted by Crippen LogP contribution is 2.33. The third kappa shape index (κ3) is 6.15. The monoisotopic (exact) mass is 490 g/mol. The number of carbonyl (C=O) groups excluding carboxylic acids is 2. The van der Waals surface area contributed by atoms with Crippen LogP contribution in [0.15, 0.2) is 54.6 Å². The second-order valence-corrected chi connectivity index (χ2v) is 10.8. The van der Waals surface area contributed by atoms with Crippen LogP contribution in [0.5, 0.6) is 0 Å². The summed E-state index contributed by atoms with van der Waals surface area (Å²) in [4.78, 5) is 41.3. The molecule has 2 aromatic rings. The SMILES string of the molecule is CC(C)CN(C(=O)c1ccc(C2CCN(C(=O)C3CCC(C(=O)O)CC3)CC2)cc1)c1ccccc1. The van der Waals surface area contributed by atoms with E-state index in [9.17, 15) is 19.5 Å². The Morgan fingerprint density at radius 2 is 1.44 bits per heavy atom. The zero-order valence-electron chi connectivity index (χ0n) is 21.4. The molecule has 192 valence electrons. The van der Waals surface area contributed by atoms with Crippen LogP contribution in [0.1, 0.15) is 74.2 Å². The summed E-state index contributed by atoms with van der Waals surface area (Å²) in [6.07, 6.45) is 4.39. The van der Waals surface area contributed by atoms with Crippen LogP contribution in [0.2, 0.25) is 0 Å². The zero-order valence-corrected chi connectivity index (χ0v) is 21.4. The molecule has 1 saturated heterocycles. The number of amides is 2. The van der Waals surface area contributed by atoms with Crippen LogP contribution < -0.4 is 4.90 Å². The van der Waals surface area contributed by atoms with Crippen LogP contribution in [-0.4, -0.2) is 47.4 Å². The number of hydrogen-bond donors (Lipinski definition) is 1. The normalized spacial score (nSPS) is 20.8. The molecule has 2 aromatic carbocycles. The lowest BCUT2D eigenvalue weighted by Gasteiger charge is -2.36. The lowest BCUT2D eigenvalue weighted by atomic mass is 9.81. The van der Waals surface area contributed by atoms with Crippen molar-refractivity contribution in [2.75, 3.05) is 24.5 Å². The molecular weight excluding hydrogens is 452 g/mol. The fourth-order valence-corrected chi connectivity index (χ4v) is 5.61. The van der Waals surface area contributed by atoms with Crippen molar-refractivity contribution >= 4 is 23.5 Å². The fraction of sp³-hybridized carbons (Fsp3) is 0.500. The number of piperidine rings is 1. The molecule has 2 fully saturated rings. The number of carboxylic acid groups (broad SMARTS) is 1. The molecule has 0 bridgehead atoms. The molecule has 0 atom stereocenters. The van der Waals surface area contributed by atoms with Crippen LogP contribution in [0.4, 0.5) is 5.69 Å². The highest BCUT2D eigenvalue weighted by molar-refractivity contribution is 6.06. The Bertz CT molecular complexity index is 1030. The second kappa shape index (κ2) is 11.7. The molecule has 0 spiro atoms. The van der Waals surface area contributed by atoms with Gasteiger partial charge in [0.2, 0.25) is 5.91 Å². The Morgan fingerprint density at radius 3 is 2.00 bits per heavy atom. The molecule has 0 aromatic heterocycles. The first kappa shape index (κ1) is 25.9. The number of likely N-dealkylation sites (tertiary alicyclic amines) is 1. The molecule has 2 aliphatic rings. The van der Waals surface area contributed by atoms with Crippen molar-refractivity contribution in [3.63, 3.8) is 0 Å². The summed E-state index contributed by atoms with van der Waals surface area (Å²) in [5.41, 5.74) is 2.82. The van der Waals surface area contributed by atoms with Gasteiger partial charge in [-0.1, -0.05) is 44.2 Å². The minimum Gasteiger partial charge on any atom is -0.481 e. The molecule has 0 unspecified atom stereocenters. The first-order chi connectivity index (χ1) is 17.3. The smallest absolute Gasteiger partial charge is 0.306 e. The Labute approximate surface area is 214 Å². The number of anilines is 1. The van der Waals surface area contributed by atoms with Gasteiger partial charge >= 0.3 is 5.97 Å². The van der Waals surface area contributed by atoms with Gasteiger partial charge in [-0.3, -0.25) is 14.4 Å². The van der Waals surface area contributed by atoms with Crippen molar-refractivity contribution in [1.82, 2.24) is 4.90 Å². The second-order valence-electron chi connectivity index (χ2n) is 10.8. The Kier molecular flexibility index (Phi) is 8.44. The van der Waals surface area contributed by atoms with Crippen molar-refractivity contribution in [3.05, 3.63) is 65.7 Å². The van der Waals surface area contributed by atoms with E-state index in [1.54, 1.807) is 0 Å². The third-order valence-electron chi connectivity index (χ3n) is 7.72. The van der Waals surface area contributed by atoms with Crippen molar-refractivity contribution in [3.8, 4) is 0 Å². The van der Waals surface area contributed by atoms with E-state index in [1.807, 2.05) is 52.3 Å². The van der Waals surface area contributed by atoms with Crippen LogP contribution in [0, 0.1) is 17.8 Å². The zero-order chi connectivity index (χ0) is 25.7. The van der Waals surface area contributed by atoms with Gasteiger partial charge in [-0.2, -0.15) is 0 Å². The van der Waals surface area contributed by atoms with E-state index < -0.39 is 5.97 Å². The molecule has 2 amide bonds. The Morgan fingerprint density at radius 1 is 0.861 bits per heavy atom. The summed E-state index contributed by atoms with van der Waals surface area (Å²) < 4.78 is 0. The van der Waals surface area contributed by atoms with Gasteiger partial charge in [0, 0.05) is 36.8 Å². The molecule has 6 heteroatoms. The number of nitrogens with zero attached hydrogens (tertiary/aromatic N) is 2. The van der Waals surface area contributed by atoms with E-state index in [2.05, 4.69) is 26.0 Å². The molecule has 36 heavy (non-hydrogen) atoms. The van der Waals surface area contributed by atoms with Gasteiger partial charge in [-0.25, -0.2) is 0 Å². The molecule has 4 rings (SSSR count). The molecule has 1 N–H and O–H groups in total. The van der Waals surface area contributed by atoms with Gasteiger partial charge in [0.15, 0.2) is 0 Å². The van der Waals surface area contributed by atoms with Gasteiger partial charge in [-0.15, -0.1) is 0 Å². The van der Waals surface area contributed by atoms with Crippen molar-refractivity contribution in [2.45, 2.75) is 58.3 Å². The standard InChI is InChI=1S/C30H38N2O4/c1-21(2)20-32(27-6-4-3-5-7-27)29(34)25-10-8-22(9-11-25)23-16-18-31(19-17-23)28(33)24-12-14-26(15-13-24)30(35)36/h3-11,21,23-24,26H,12-20H2,1-2H3,(H,35,36). The molecule has 0 radical (unpaired) electrons. The predicted octanol–water partition coefficient (Wildman–Crippen LogP) is 5.59. The van der Waals surface area contributed by atoms with E-state index in [0.29, 0.717) is 49.6 Å². The van der Waals surface area contributed by atoms with E-state index in [0.717, 1.165) is 31.6 Å². The lowest BCUT2D eigenvalue weighted by molar-refractivity contribution is -0.146. The number of carboxylic acids is 1. The number of aliphatic carboxylic acids is 1. The summed E-state index contributed by atoms with van der Waals surface area (Å²) in [5.74, 6) is -0.109. The van der Waals surface area contributed by atoms with Gasteiger partial charge in [0.25, 0.3) is 5.91 Å². The Balaban J connectivity index is 1.33. The lowest BCUT2D eigenvalue weighted by Crippen LogP contribution is -2.42. The van der Waals surface area contributed by atoms with Gasteiger partial charge in [0.1, 0.15) is 0 Å². The molecular formula is C30H38N2O4. The fourth-order valence-electron chi connectivity index (χ4n) is 5.61. The molecule has 6 nitrogen and oxygen atoms in total. The molecule has 1 heterocycles. The number of benzene rings is 2. The van der Waals surface area contributed by atoms with Gasteiger partial charge < -0.3 is 14.9 Å². The number of para-hydroxylation sites is 1. The summed E-state index contributed by atoms with van der Waals surface area (Å²) >= 11 is 0. The van der Waals surface area contributed by atoms with Gasteiger partial charge in [0.05, 0.1) is 5.92 Å². The van der Waals surface area contributed by atoms with Crippen LogP contribution in [-0.2, 0) is 9.59 Å². The first-order valence-electron chi connectivity index (χ1n) is 13.3. The van der Waals surface area contributed by atoms with E-state index >= 15 is 0 Å². The third-order valence-corrected chi connectivity index (χ3v) is 7.72. The van der Waals surface area contributed by atoms with Crippen LogP contribution >= 0.6 is 0 Å². The summed E-state index contributed by atoms with van der Waals surface area (Å²) in [5, 5.41) is 9.19. The largest absolute Gasteiger partial charge is 0.481 e. The van der Waals surface area contributed by atoms with Crippen molar-refractivity contribution in [1.29, 1.82) is 0 Å². The van der Waals surface area contributed by atoms with Crippen molar-refractivity contribution < 1.29 is 19.5 Å². The maximum atomic E-state index is 13.3. The minimum absolute atomic E-state index is 0.0134. The number of carbonyl (C=O) groups is 3. The number of hydrogen-bond acceptors (Lipinski definition) is 3. The average Bonchev–Trinajstić information content (AvgIpc) is 2.91. The molecule has 1 saturated carbocycles. The topological polar surface area (TPSA) is 77.9 Å². The van der Waals surface area contributed by atoms with Crippen LogP contribution in [0.3, 0.4) is 0 Å². The molecule has 1 aliphatic heterocycles. The van der Waals surface area contributed by atoms with E-state index in [-0.39, 0.29) is 23.7 Å². The van der Waals surface area contributed by atoms with Crippen LogP contribution in [0.25, 0.3) is 0 Å². The summed E-state index contributed by atoms with van der Waals surface area (Å²) in [6.45, 7) is 6.36. The quantitative estimate of drug-likeness (QED) is 0.549. The highest BCUT2D eigenvalue weighted by atomic mass is 16.4. The summed E-state index contributed by atoms with van der Waals surface area (Å²) in [7, 11) is 0. The van der Waals surface area contributed by atoms with Gasteiger partial charge in [-0.05, 0) is 80.2 Å². The highest BCUT2D eigenvalue weighted by Gasteiger charge is 2.33. The Hall–Kier alpha value is -3.15. The average molecular weight is 491 g/mol. The number of rotatable bonds is 7. The van der Waals surface area contributed by atoms with E-state index in [1.165, 1.54) is 5.56 Å².